The molecular formula is C21H25NO5. The summed E-state index contributed by atoms with van der Waals surface area (Å²) < 4.78 is 9.85. The molecule has 1 N–H and O–H groups in total. The lowest BCUT2D eigenvalue weighted by atomic mass is 9.92. The number of amides is 1. The van der Waals surface area contributed by atoms with E-state index in [0.29, 0.717) is 12.0 Å². The van der Waals surface area contributed by atoms with Gasteiger partial charge in [0, 0.05) is 17.7 Å². The van der Waals surface area contributed by atoms with Crippen LogP contribution in [0, 0.1) is 17.8 Å². The van der Waals surface area contributed by atoms with Gasteiger partial charge in [-0.05, 0) is 37.3 Å². The van der Waals surface area contributed by atoms with Gasteiger partial charge in [-0.3, -0.25) is 9.59 Å². The summed E-state index contributed by atoms with van der Waals surface area (Å²) in [5, 5.41) is 2.96. The highest BCUT2D eigenvalue weighted by molar-refractivity contribution is 5.94. The Hall–Kier alpha value is -2.89. The molecule has 2 rings (SSSR count). The zero-order valence-electron chi connectivity index (χ0n) is 15.6. The molecule has 6 heteroatoms. The first kappa shape index (κ1) is 20.4. The maximum Gasteiger partial charge on any atom is 0.330 e. The highest BCUT2D eigenvalue weighted by Gasteiger charge is 2.46. The van der Waals surface area contributed by atoms with E-state index in [1.807, 2.05) is 6.07 Å². The molecule has 0 radical (unpaired) electrons. The molecule has 0 unspecified atom stereocenters. The van der Waals surface area contributed by atoms with Crippen molar-refractivity contribution >= 4 is 17.8 Å². The number of benzene rings is 1. The largest absolute Gasteiger partial charge is 0.466 e. The first-order valence-electron chi connectivity index (χ1n) is 8.93. The molecule has 0 aromatic heterocycles. The second kappa shape index (κ2) is 9.71. The van der Waals surface area contributed by atoms with Gasteiger partial charge in [0.05, 0.1) is 19.6 Å². The minimum absolute atomic E-state index is 0.126. The van der Waals surface area contributed by atoms with E-state index in [1.165, 1.54) is 13.2 Å². The number of hydrogen-bond donors (Lipinski definition) is 1. The smallest absolute Gasteiger partial charge is 0.330 e. The van der Waals surface area contributed by atoms with Crippen LogP contribution in [0.4, 0.5) is 0 Å². The number of nitrogens with one attached hydrogen (secondary N) is 1. The number of rotatable bonds is 7. The van der Waals surface area contributed by atoms with Gasteiger partial charge in [-0.2, -0.15) is 0 Å². The molecule has 1 fully saturated rings. The minimum atomic E-state index is -0.610. The van der Waals surface area contributed by atoms with Gasteiger partial charge in [-0.15, -0.1) is 6.58 Å². The SMILES string of the molecule is C=C[C@@H]1C[C@@H](/C=C/C(=O)OC)[C@H](C(=O)OCC)[C@@H]1NC(=O)c1ccccc1. The van der Waals surface area contributed by atoms with E-state index >= 15 is 0 Å². The van der Waals surface area contributed by atoms with E-state index in [-0.39, 0.29) is 24.3 Å². The lowest BCUT2D eigenvalue weighted by Gasteiger charge is -2.24. The number of carbonyl (C=O) groups is 3. The molecule has 0 saturated heterocycles. The number of hydrogen-bond acceptors (Lipinski definition) is 5. The summed E-state index contributed by atoms with van der Waals surface area (Å²) in [5.41, 5.74) is 0.511. The molecule has 0 heterocycles. The molecule has 1 amide bonds. The molecule has 1 aromatic rings. The van der Waals surface area contributed by atoms with Gasteiger partial charge in [0.25, 0.3) is 5.91 Å². The average molecular weight is 371 g/mol. The fourth-order valence-corrected chi connectivity index (χ4v) is 3.43. The first-order valence-corrected chi connectivity index (χ1v) is 8.93. The zero-order valence-corrected chi connectivity index (χ0v) is 15.6. The van der Waals surface area contributed by atoms with Crippen molar-refractivity contribution in [3.63, 3.8) is 0 Å². The molecular weight excluding hydrogens is 346 g/mol. The van der Waals surface area contributed by atoms with E-state index in [4.69, 9.17) is 4.74 Å². The highest BCUT2D eigenvalue weighted by atomic mass is 16.5. The molecule has 1 saturated carbocycles. The lowest BCUT2D eigenvalue weighted by molar-refractivity contribution is -0.149. The maximum absolute atomic E-state index is 12.6. The van der Waals surface area contributed by atoms with E-state index in [1.54, 1.807) is 43.3 Å². The number of methoxy groups -OCH3 is 1. The molecule has 6 nitrogen and oxygen atoms in total. The van der Waals surface area contributed by atoms with Crippen molar-refractivity contribution in [1.82, 2.24) is 5.32 Å². The minimum Gasteiger partial charge on any atom is -0.466 e. The highest BCUT2D eigenvalue weighted by Crippen LogP contribution is 2.39. The van der Waals surface area contributed by atoms with Crippen LogP contribution in [0.25, 0.3) is 0 Å². The topological polar surface area (TPSA) is 81.7 Å². The van der Waals surface area contributed by atoms with E-state index < -0.39 is 23.9 Å². The van der Waals surface area contributed by atoms with Crippen LogP contribution in [0.3, 0.4) is 0 Å². The number of esters is 2. The summed E-state index contributed by atoms with van der Waals surface area (Å²) in [6, 6.07) is 8.33. The second-order valence-electron chi connectivity index (χ2n) is 6.32. The quantitative estimate of drug-likeness (QED) is 0.452. The van der Waals surface area contributed by atoms with E-state index in [9.17, 15) is 14.4 Å². The van der Waals surface area contributed by atoms with Crippen LogP contribution in [0.2, 0.25) is 0 Å². The molecule has 0 spiro atoms. The third-order valence-corrected chi connectivity index (χ3v) is 4.73. The summed E-state index contributed by atoms with van der Waals surface area (Å²) in [5.74, 6) is -2.17. The van der Waals surface area contributed by atoms with Gasteiger partial charge in [0.2, 0.25) is 0 Å². The van der Waals surface area contributed by atoms with Crippen LogP contribution in [0.1, 0.15) is 23.7 Å². The molecule has 27 heavy (non-hydrogen) atoms. The van der Waals surface area contributed by atoms with E-state index in [2.05, 4.69) is 16.6 Å². The van der Waals surface area contributed by atoms with Gasteiger partial charge in [-0.1, -0.05) is 30.4 Å². The number of ether oxygens (including phenoxy) is 2. The lowest BCUT2D eigenvalue weighted by Crippen LogP contribution is -2.45. The Bertz CT molecular complexity index is 713. The molecule has 144 valence electrons. The van der Waals surface area contributed by atoms with Crippen LogP contribution in [0.5, 0.6) is 0 Å². The normalized spacial score (nSPS) is 24.4. The zero-order chi connectivity index (χ0) is 19.8. The summed E-state index contributed by atoms with van der Waals surface area (Å²) in [4.78, 5) is 36.7. The molecule has 0 bridgehead atoms. The molecule has 1 aromatic carbocycles. The van der Waals surface area contributed by atoms with E-state index in [0.717, 1.165) is 0 Å². The Morgan fingerprint density at radius 3 is 2.52 bits per heavy atom. The summed E-state index contributed by atoms with van der Waals surface area (Å²) >= 11 is 0. The Kier molecular flexibility index (Phi) is 7.34. The molecule has 4 atom stereocenters. The Balaban J connectivity index is 2.28. The van der Waals surface area contributed by atoms with Gasteiger partial charge >= 0.3 is 11.9 Å². The predicted molar refractivity (Wildman–Crippen MR) is 101 cm³/mol. The number of allylic oxidation sites excluding steroid dienone is 1. The maximum atomic E-state index is 12.6. The van der Waals surface area contributed by atoms with Crippen LogP contribution in [-0.2, 0) is 19.1 Å². The van der Waals surface area contributed by atoms with Crippen LogP contribution in [-0.4, -0.2) is 37.6 Å². The summed E-state index contributed by atoms with van der Waals surface area (Å²) in [6.07, 6.45) is 5.26. The van der Waals surface area contributed by atoms with Crippen molar-refractivity contribution in [3.8, 4) is 0 Å². The number of carbonyl (C=O) groups excluding carboxylic acids is 3. The van der Waals surface area contributed by atoms with Crippen molar-refractivity contribution < 1.29 is 23.9 Å². The molecule has 1 aliphatic rings. The van der Waals surface area contributed by atoms with Gasteiger partial charge < -0.3 is 14.8 Å². The first-order chi connectivity index (χ1) is 13.0. The third-order valence-electron chi connectivity index (χ3n) is 4.73. The third kappa shape index (κ3) is 5.06. The Morgan fingerprint density at radius 1 is 1.22 bits per heavy atom. The fourth-order valence-electron chi connectivity index (χ4n) is 3.43. The predicted octanol–water partition coefficient (Wildman–Crippen LogP) is 2.52. The summed E-state index contributed by atoms with van der Waals surface area (Å²) in [6.45, 7) is 5.81. The molecule has 1 aliphatic carbocycles. The average Bonchev–Trinajstić information content (AvgIpc) is 3.04. The second-order valence-corrected chi connectivity index (χ2v) is 6.32. The monoisotopic (exact) mass is 371 g/mol. The fraction of sp³-hybridized carbons (Fsp3) is 0.381. The van der Waals surface area contributed by atoms with Gasteiger partial charge in [0.15, 0.2) is 0 Å². The van der Waals surface area contributed by atoms with Crippen molar-refractivity contribution in [3.05, 3.63) is 60.7 Å². The van der Waals surface area contributed by atoms with Crippen LogP contribution in [0.15, 0.2) is 55.1 Å². The standard InChI is InChI=1S/C21H25NO5/c1-4-14-13-16(11-12-17(23)26-3)18(21(25)27-5-2)19(14)22-20(24)15-9-7-6-8-10-15/h4,6-12,14,16,18-19H,1,5,13H2,2-3H3,(H,22,24)/b12-11+/t14-,16-,18+,19-/m1/s1. The van der Waals surface area contributed by atoms with Crippen molar-refractivity contribution in [2.24, 2.45) is 17.8 Å². The molecule has 0 aliphatic heterocycles. The van der Waals surface area contributed by atoms with Gasteiger partial charge in [-0.25, -0.2) is 4.79 Å². The Labute approximate surface area is 159 Å². The Morgan fingerprint density at radius 2 is 1.93 bits per heavy atom. The van der Waals surface area contributed by atoms with Crippen LogP contribution < -0.4 is 5.32 Å². The summed E-state index contributed by atoms with van der Waals surface area (Å²) in [7, 11) is 1.29. The van der Waals surface area contributed by atoms with Crippen molar-refractivity contribution in [2.75, 3.05) is 13.7 Å². The van der Waals surface area contributed by atoms with Crippen molar-refractivity contribution in [2.45, 2.75) is 19.4 Å². The van der Waals surface area contributed by atoms with Crippen molar-refractivity contribution in [1.29, 1.82) is 0 Å². The van der Waals surface area contributed by atoms with Crippen LogP contribution >= 0.6 is 0 Å². The van der Waals surface area contributed by atoms with Gasteiger partial charge in [0.1, 0.15) is 0 Å².